The fraction of sp³-hybridized carbons (Fsp3) is 0.333. The van der Waals surface area contributed by atoms with Crippen LogP contribution in [0.5, 0.6) is 5.75 Å². The molecule has 1 amide bonds. The van der Waals surface area contributed by atoms with Crippen LogP contribution in [0.25, 0.3) is 5.69 Å². The first kappa shape index (κ1) is 26.1. The lowest BCUT2D eigenvalue weighted by Gasteiger charge is -2.11. The summed E-state index contributed by atoms with van der Waals surface area (Å²) in [5.74, 6) is 0.155. The lowest BCUT2D eigenvalue weighted by Crippen LogP contribution is -2.14. The number of hydrogen-bond acceptors (Lipinski definition) is 3. The summed E-state index contributed by atoms with van der Waals surface area (Å²) >= 11 is 0. The van der Waals surface area contributed by atoms with Crippen molar-refractivity contribution < 1.29 is 35.9 Å². The second kappa shape index (κ2) is 10.8. The maximum absolute atomic E-state index is 13.2. The minimum atomic E-state index is -5.05. The van der Waals surface area contributed by atoms with Gasteiger partial charge in [-0.2, -0.15) is 31.4 Å². The lowest BCUT2D eigenvalue weighted by atomic mass is 10.2. The maximum atomic E-state index is 13.2. The largest absolute Gasteiger partial charge is 0.494 e. The molecule has 0 aliphatic heterocycles. The number of carbonyl (C=O) groups excluding carboxylic acids is 1. The first-order valence-electron chi connectivity index (χ1n) is 10.9. The molecule has 2 aromatic carbocycles. The van der Waals surface area contributed by atoms with Crippen LogP contribution in [0, 0.1) is 0 Å². The van der Waals surface area contributed by atoms with Gasteiger partial charge in [-0.25, -0.2) is 4.68 Å². The van der Waals surface area contributed by atoms with Crippen LogP contribution in [0.2, 0.25) is 0 Å². The van der Waals surface area contributed by atoms with E-state index in [0.717, 1.165) is 37.8 Å². The van der Waals surface area contributed by atoms with Gasteiger partial charge in [-0.15, -0.1) is 0 Å². The van der Waals surface area contributed by atoms with Gasteiger partial charge < -0.3 is 10.1 Å². The van der Waals surface area contributed by atoms with Crippen molar-refractivity contribution in [3.63, 3.8) is 0 Å². The highest BCUT2D eigenvalue weighted by Gasteiger charge is 2.42. The Bertz CT molecular complexity index is 1120. The Morgan fingerprint density at radius 2 is 1.57 bits per heavy atom. The quantitative estimate of drug-likeness (QED) is 0.252. The first-order chi connectivity index (χ1) is 16.5. The number of ether oxygens (including phenoxy) is 1. The van der Waals surface area contributed by atoms with E-state index in [0.29, 0.717) is 17.9 Å². The van der Waals surface area contributed by atoms with Gasteiger partial charge in [0.15, 0.2) is 5.69 Å². The fourth-order valence-electron chi connectivity index (χ4n) is 3.23. The van der Waals surface area contributed by atoms with Gasteiger partial charge in [0.1, 0.15) is 11.4 Å². The molecule has 0 fully saturated rings. The van der Waals surface area contributed by atoms with E-state index in [-0.39, 0.29) is 22.1 Å². The molecule has 3 aromatic rings. The van der Waals surface area contributed by atoms with Crippen molar-refractivity contribution in [1.82, 2.24) is 9.78 Å². The number of nitrogens with zero attached hydrogens (tertiary/aromatic N) is 2. The van der Waals surface area contributed by atoms with E-state index in [1.807, 2.05) is 0 Å². The predicted molar refractivity (Wildman–Crippen MR) is 118 cm³/mol. The molecule has 11 heteroatoms. The van der Waals surface area contributed by atoms with E-state index in [2.05, 4.69) is 17.3 Å². The number of amides is 1. The van der Waals surface area contributed by atoms with Crippen molar-refractivity contribution in [2.24, 2.45) is 0 Å². The van der Waals surface area contributed by atoms with Crippen LogP contribution < -0.4 is 10.1 Å². The summed E-state index contributed by atoms with van der Waals surface area (Å²) in [6.45, 7) is 2.70. The second-order valence-electron chi connectivity index (χ2n) is 7.76. The Labute approximate surface area is 197 Å². The number of alkyl halides is 6. The lowest BCUT2D eigenvalue weighted by molar-refractivity contribution is -0.143. The number of anilines is 1. The third-order valence-corrected chi connectivity index (χ3v) is 5.04. The minimum Gasteiger partial charge on any atom is -0.494 e. The highest BCUT2D eigenvalue weighted by molar-refractivity contribution is 6.04. The van der Waals surface area contributed by atoms with Gasteiger partial charge in [-0.1, -0.05) is 26.2 Å². The number of unbranched alkanes of at least 4 members (excludes halogenated alkanes) is 3. The molecule has 1 aromatic heterocycles. The van der Waals surface area contributed by atoms with Crippen molar-refractivity contribution in [3.8, 4) is 11.4 Å². The Balaban J connectivity index is 1.67. The molecule has 0 atom stereocenters. The van der Waals surface area contributed by atoms with Crippen LogP contribution in [-0.4, -0.2) is 22.3 Å². The normalized spacial score (nSPS) is 12.0. The van der Waals surface area contributed by atoms with E-state index < -0.39 is 29.6 Å². The fourth-order valence-corrected chi connectivity index (χ4v) is 3.23. The zero-order valence-electron chi connectivity index (χ0n) is 18.7. The van der Waals surface area contributed by atoms with Crippen molar-refractivity contribution in [3.05, 3.63) is 71.5 Å². The number of hydrogen-bond donors (Lipinski definition) is 1. The molecular weight excluding hydrogens is 476 g/mol. The van der Waals surface area contributed by atoms with Gasteiger partial charge in [-0.05, 0) is 55.0 Å². The van der Waals surface area contributed by atoms with E-state index in [1.165, 1.54) is 12.1 Å². The Morgan fingerprint density at radius 1 is 0.914 bits per heavy atom. The van der Waals surface area contributed by atoms with E-state index in [4.69, 9.17) is 4.74 Å². The van der Waals surface area contributed by atoms with E-state index >= 15 is 0 Å². The van der Waals surface area contributed by atoms with Gasteiger partial charge in [0, 0.05) is 17.3 Å². The van der Waals surface area contributed by atoms with Gasteiger partial charge in [0.25, 0.3) is 5.91 Å². The zero-order valence-corrected chi connectivity index (χ0v) is 18.7. The van der Waals surface area contributed by atoms with Gasteiger partial charge >= 0.3 is 12.4 Å². The van der Waals surface area contributed by atoms with Crippen molar-refractivity contribution in [2.45, 2.75) is 45.0 Å². The molecule has 35 heavy (non-hydrogen) atoms. The second-order valence-corrected chi connectivity index (χ2v) is 7.76. The predicted octanol–water partition coefficient (Wildman–Crippen LogP) is 7.12. The van der Waals surface area contributed by atoms with Gasteiger partial charge in [0.05, 0.1) is 12.3 Å². The monoisotopic (exact) mass is 499 g/mol. The number of rotatable bonds is 9. The number of halogens is 6. The molecule has 0 saturated heterocycles. The average Bonchev–Trinajstić information content (AvgIpc) is 3.27. The van der Waals surface area contributed by atoms with Crippen LogP contribution in [0.3, 0.4) is 0 Å². The molecule has 1 N–H and O–H groups in total. The van der Waals surface area contributed by atoms with E-state index in [9.17, 15) is 31.1 Å². The Morgan fingerprint density at radius 3 is 2.14 bits per heavy atom. The van der Waals surface area contributed by atoms with Crippen molar-refractivity contribution in [2.75, 3.05) is 11.9 Å². The molecule has 3 rings (SSSR count). The number of carbonyl (C=O) groups is 1. The first-order valence-corrected chi connectivity index (χ1v) is 10.9. The molecule has 0 radical (unpaired) electrons. The van der Waals surface area contributed by atoms with Crippen molar-refractivity contribution in [1.29, 1.82) is 0 Å². The number of benzene rings is 2. The van der Waals surface area contributed by atoms with E-state index in [1.54, 1.807) is 24.3 Å². The Kier molecular flexibility index (Phi) is 8.08. The highest BCUT2D eigenvalue weighted by Crippen LogP contribution is 2.36. The molecule has 0 bridgehead atoms. The number of nitrogens with one attached hydrogen (secondary N) is 1. The molecule has 0 aliphatic carbocycles. The molecule has 0 unspecified atom stereocenters. The van der Waals surface area contributed by atoms with Gasteiger partial charge in [-0.3, -0.25) is 4.79 Å². The standard InChI is InChI=1S/C24H23F6N3O2/c1-2-3-4-5-14-35-19-12-6-16(7-13-19)22(34)31-17-8-10-18(11-9-17)33-21(24(28,29)30)15-20(32-33)23(25,26)27/h6-13,15H,2-5,14H2,1H3,(H,31,34). The highest BCUT2D eigenvalue weighted by atomic mass is 19.4. The zero-order chi connectivity index (χ0) is 25.6. The summed E-state index contributed by atoms with van der Waals surface area (Å²) in [7, 11) is 0. The summed E-state index contributed by atoms with van der Waals surface area (Å²) < 4.78 is 84.1. The smallest absolute Gasteiger partial charge is 0.435 e. The third kappa shape index (κ3) is 7.00. The Hall–Kier alpha value is -3.50. The SMILES string of the molecule is CCCCCCOc1ccc(C(=O)Nc2ccc(-n3nc(C(F)(F)F)cc3C(F)(F)F)cc2)cc1. The van der Waals surface area contributed by atoms with Crippen LogP contribution in [0.1, 0.15) is 54.4 Å². The van der Waals surface area contributed by atoms with Gasteiger partial charge in [0.2, 0.25) is 0 Å². The molecular formula is C24H23F6N3O2. The van der Waals surface area contributed by atoms with Crippen molar-refractivity contribution >= 4 is 11.6 Å². The summed E-state index contributed by atoms with van der Waals surface area (Å²) in [5, 5.41) is 5.66. The van der Waals surface area contributed by atoms with Crippen LogP contribution in [0.4, 0.5) is 32.0 Å². The molecule has 0 aliphatic rings. The summed E-state index contributed by atoms with van der Waals surface area (Å²) in [6, 6.07) is 11.2. The van der Waals surface area contributed by atoms with Crippen LogP contribution >= 0.6 is 0 Å². The molecule has 188 valence electrons. The molecule has 0 spiro atoms. The minimum absolute atomic E-state index is 0.0474. The summed E-state index contributed by atoms with van der Waals surface area (Å²) in [6.07, 6.45) is -5.79. The van der Waals surface area contributed by atoms with Crippen LogP contribution in [0.15, 0.2) is 54.6 Å². The topological polar surface area (TPSA) is 56.1 Å². The maximum Gasteiger partial charge on any atom is 0.435 e. The third-order valence-electron chi connectivity index (χ3n) is 5.04. The van der Waals surface area contributed by atoms with Crippen LogP contribution in [-0.2, 0) is 12.4 Å². The number of aromatic nitrogens is 2. The molecule has 0 saturated carbocycles. The summed E-state index contributed by atoms with van der Waals surface area (Å²) in [4.78, 5) is 12.5. The molecule has 5 nitrogen and oxygen atoms in total. The summed E-state index contributed by atoms with van der Waals surface area (Å²) in [5.41, 5.74) is -2.89. The molecule has 1 heterocycles. The average molecular weight is 499 g/mol.